The first-order valence-corrected chi connectivity index (χ1v) is 15.5. The number of nitrogens with zero attached hydrogens (tertiary/aromatic N) is 2. The van der Waals surface area contributed by atoms with Gasteiger partial charge in [-0.3, -0.25) is 4.79 Å². The Balaban J connectivity index is 1.66. The Morgan fingerprint density at radius 1 is 1.05 bits per heavy atom. The van der Waals surface area contributed by atoms with Crippen molar-refractivity contribution in [2.45, 2.75) is 30.9 Å². The topological polar surface area (TPSA) is 147 Å². The molecule has 4 rings (SSSR count). The second-order valence-corrected chi connectivity index (χ2v) is 12.6. The van der Waals surface area contributed by atoms with E-state index in [2.05, 4.69) is 10.6 Å². The van der Waals surface area contributed by atoms with Crippen molar-refractivity contribution in [1.82, 2.24) is 9.21 Å². The van der Waals surface area contributed by atoms with E-state index in [-0.39, 0.29) is 53.4 Å². The number of aliphatic hydroxyl groups is 1. The first-order chi connectivity index (χ1) is 21.0. The van der Waals surface area contributed by atoms with Gasteiger partial charge in [-0.25, -0.2) is 13.2 Å². The number of fused-ring (bicyclic) bond motifs is 1. The minimum absolute atomic E-state index is 0.0586. The van der Waals surface area contributed by atoms with Gasteiger partial charge in [-0.05, 0) is 67.6 Å². The maximum Gasteiger partial charge on any atom is 0.323 e. The molecule has 0 fully saturated rings. The number of urea groups is 1. The maximum atomic E-state index is 13.7. The Labute approximate surface area is 257 Å². The predicted octanol–water partition coefficient (Wildman–Crippen LogP) is 3.89. The van der Waals surface area contributed by atoms with Crippen LogP contribution in [0, 0.1) is 5.92 Å². The summed E-state index contributed by atoms with van der Waals surface area (Å²) in [5.41, 5.74) is 0.905. The van der Waals surface area contributed by atoms with Crippen LogP contribution in [0.4, 0.5) is 16.2 Å². The van der Waals surface area contributed by atoms with Crippen LogP contribution in [0.25, 0.3) is 0 Å². The summed E-state index contributed by atoms with van der Waals surface area (Å²) in [6.07, 6.45) is -0.735. The number of methoxy groups -OCH3 is 2. The quantitative estimate of drug-likeness (QED) is 0.307. The zero-order valence-corrected chi connectivity index (χ0v) is 26.1. The molecule has 1 aliphatic rings. The molecule has 3 aromatic carbocycles. The number of hydrogen-bond donors (Lipinski definition) is 3. The number of para-hydroxylation sites is 1. The second kappa shape index (κ2) is 14.0. The summed E-state index contributed by atoms with van der Waals surface area (Å²) in [4.78, 5) is 28.4. The van der Waals surface area contributed by atoms with E-state index in [0.717, 1.165) is 0 Å². The lowest BCUT2D eigenvalue weighted by Crippen LogP contribution is -2.50. The molecule has 3 aromatic rings. The Morgan fingerprint density at radius 2 is 1.66 bits per heavy atom. The first kappa shape index (κ1) is 32.6. The molecule has 0 aromatic heterocycles. The second-order valence-electron chi connectivity index (χ2n) is 10.6. The van der Waals surface area contributed by atoms with E-state index in [1.807, 2.05) is 6.92 Å². The normalized spacial score (nSPS) is 17.5. The van der Waals surface area contributed by atoms with Crippen molar-refractivity contribution in [3.05, 3.63) is 72.3 Å². The van der Waals surface area contributed by atoms with E-state index < -0.39 is 28.2 Å². The summed E-state index contributed by atoms with van der Waals surface area (Å²) in [6, 6.07) is 16.5. The molecule has 1 heterocycles. The molecule has 236 valence electrons. The number of sulfonamides is 1. The third kappa shape index (κ3) is 7.24. The number of anilines is 2. The standard InChI is InChI=1S/C31H38N4O8S/c1-20-17-35(21(2)19-36)30(37)26-7-6-8-27(33-31(38)32-22-9-11-23(41-4)12-10-22)29(26)43-28(20)18-34(3)44(39,40)25-15-13-24(42-5)14-16-25/h6-16,20-21,28,36H,17-19H2,1-5H3,(H2,32,33,38)/t20-,21-,28-/m1/s1. The first-order valence-electron chi connectivity index (χ1n) is 14.0. The van der Waals surface area contributed by atoms with Gasteiger partial charge in [-0.1, -0.05) is 13.0 Å². The van der Waals surface area contributed by atoms with Gasteiger partial charge in [0.2, 0.25) is 10.0 Å². The van der Waals surface area contributed by atoms with Crippen LogP contribution in [-0.2, 0) is 10.0 Å². The predicted molar refractivity (Wildman–Crippen MR) is 166 cm³/mol. The van der Waals surface area contributed by atoms with Crippen LogP contribution in [0.5, 0.6) is 17.2 Å². The van der Waals surface area contributed by atoms with Gasteiger partial charge in [-0.2, -0.15) is 4.31 Å². The molecule has 13 heteroatoms. The molecule has 3 amide bonds. The average molecular weight is 627 g/mol. The summed E-state index contributed by atoms with van der Waals surface area (Å²) >= 11 is 0. The number of aliphatic hydroxyl groups excluding tert-OH is 1. The molecule has 3 atom stereocenters. The van der Waals surface area contributed by atoms with Gasteiger partial charge in [0.1, 0.15) is 17.6 Å². The Morgan fingerprint density at radius 3 is 2.25 bits per heavy atom. The van der Waals surface area contributed by atoms with Gasteiger partial charge in [-0.15, -0.1) is 0 Å². The number of hydrogen-bond acceptors (Lipinski definition) is 8. The summed E-state index contributed by atoms with van der Waals surface area (Å²) in [5.74, 6) is 0.512. The molecule has 44 heavy (non-hydrogen) atoms. The van der Waals surface area contributed by atoms with Crippen molar-refractivity contribution in [2.24, 2.45) is 5.92 Å². The summed E-state index contributed by atoms with van der Waals surface area (Å²) in [7, 11) is 0.591. The number of ether oxygens (including phenoxy) is 3. The Kier molecular flexibility index (Phi) is 10.3. The smallest absolute Gasteiger partial charge is 0.323 e. The Hall–Kier alpha value is -4.33. The fourth-order valence-electron chi connectivity index (χ4n) is 4.80. The van der Waals surface area contributed by atoms with Gasteiger partial charge >= 0.3 is 6.03 Å². The van der Waals surface area contributed by atoms with E-state index in [1.54, 1.807) is 68.6 Å². The number of carbonyl (C=O) groups excluding carboxylic acids is 2. The minimum atomic E-state index is -3.91. The molecule has 12 nitrogen and oxygen atoms in total. The van der Waals surface area contributed by atoms with Crippen LogP contribution in [-0.4, -0.2) is 87.8 Å². The lowest BCUT2D eigenvalue weighted by Gasteiger charge is -2.38. The van der Waals surface area contributed by atoms with Crippen molar-refractivity contribution in [3.8, 4) is 17.2 Å². The average Bonchev–Trinajstić information content (AvgIpc) is 3.02. The highest BCUT2D eigenvalue weighted by atomic mass is 32.2. The van der Waals surface area contributed by atoms with Crippen molar-refractivity contribution in [1.29, 1.82) is 0 Å². The van der Waals surface area contributed by atoms with E-state index >= 15 is 0 Å². The van der Waals surface area contributed by atoms with Crippen LogP contribution < -0.4 is 24.8 Å². The van der Waals surface area contributed by atoms with Gasteiger partial charge < -0.3 is 34.9 Å². The molecule has 3 N–H and O–H groups in total. The van der Waals surface area contributed by atoms with Crippen LogP contribution in [0.1, 0.15) is 24.2 Å². The minimum Gasteiger partial charge on any atom is -0.497 e. The van der Waals surface area contributed by atoms with E-state index in [4.69, 9.17) is 14.2 Å². The molecule has 0 saturated carbocycles. The highest BCUT2D eigenvalue weighted by Gasteiger charge is 2.36. The molecule has 1 aliphatic heterocycles. The number of likely N-dealkylation sites (N-methyl/N-ethyl adjacent to an activating group) is 1. The fourth-order valence-corrected chi connectivity index (χ4v) is 5.98. The van der Waals surface area contributed by atoms with Gasteiger partial charge in [0, 0.05) is 25.2 Å². The molecular formula is C31H38N4O8S. The molecule has 0 aliphatic carbocycles. The largest absolute Gasteiger partial charge is 0.497 e. The lowest BCUT2D eigenvalue weighted by molar-refractivity contribution is 0.0389. The number of carbonyl (C=O) groups is 2. The third-order valence-electron chi connectivity index (χ3n) is 7.49. The van der Waals surface area contributed by atoms with Crippen LogP contribution in [0.15, 0.2) is 71.6 Å². The molecular weight excluding hydrogens is 588 g/mol. The van der Waals surface area contributed by atoms with Crippen LogP contribution in [0.2, 0.25) is 0 Å². The molecule has 0 saturated heterocycles. The third-order valence-corrected chi connectivity index (χ3v) is 9.33. The molecule has 0 bridgehead atoms. The lowest BCUT2D eigenvalue weighted by atomic mass is 9.99. The molecule has 0 unspecified atom stereocenters. The Bertz CT molecular complexity index is 1560. The van der Waals surface area contributed by atoms with Crippen LogP contribution in [0.3, 0.4) is 0 Å². The van der Waals surface area contributed by atoms with E-state index in [0.29, 0.717) is 17.2 Å². The zero-order valence-electron chi connectivity index (χ0n) is 25.3. The van der Waals surface area contributed by atoms with Crippen molar-refractivity contribution >= 4 is 33.3 Å². The number of amides is 3. The zero-order chi connectivity index (χ0) is 32.0. The fraction of sp³-hybridized carbons (Fsp3) is 0.355. The highest BCUT2D eigenvalue weighted by molar-refractivity contribution is 7.89. The number of nitrogens with one attached hydrogen (secondary N) is 2. The van der Waals surface area contributed by atoms with Gasteiger partial charge in [0.05, 0.1) is 49.6 Å². The van der Waals surface area contributed by atoms with Crippen molar-refractivity contribution in [2.75, 3.05) is 51.6 Å². The highest BCUT2D eigenvalue weighted by Crippen LogP contribution is 2.35. The van der Waals surface area contributed by atoms with E-state index in [9.17, 15) is 23.1 Å². The number of benzene rings is 3. The summed E-state index contributed by atoms with van der Waals surface area (Å²) in [6.45, 7) is 3.45. The molecule has 0 radical (unpaired) electrons. The van der Waals surface area contributed by atoms with Crippen molar-refractivity contribution in [3.63, 3.8) is 0 Å². The van der Waals surface area contributed by atoms with Crippen LogP contribution >= 0.6 is 0 Å². The van der Waals surface area contributed by atoms with Crippen molar-refractivity contribution < 1.29 is 37.3 Å². The maximum absolute atomic E-state index is 13.7. The van der Waals surface area contributed by atoms with E-state index in [1.165, 1.54) is 35.5 Å². The SMILES string of the molecule is COc1ccc(NC(=O)Nc2cccc3c2O[C@H](CN(C)S(=O)(=O)c2ccc(OC)cc2)[C@H](C)CN([C@H](C)CO)C3=O)cc1. The van der Waals surface area contributed by atoms with Gasteiger partial charge in [0.25, 0.3) is 5.91 Å². The summed E-state index contributed by atoms with van der Waals surface area (Å²) in [5, 5.41) is 15.4. The van der Waals surface area contributed by atoms with Gasteiger partial charge in [0.15, 0.2) is 5.75 Å². The summed E-state index contributed by atoms with van der Waals surface area (Å²) < 4.78 is 44.9. The number of rotatable bonds is 10. The molecule has 0 spiro atoms. The monoisotopic (exact) mass is 626 g/mol.